The van der Waals surface area contributed by atoms with Gasteiger partial charge in [0.05, 0.1) is 22.3 Å². The molecule has 0 unspecified atom stereocenters. The van der Waals surface area contributed by atoms with Crippen LogP contribution in [-0.4, -0.2) is 33.5 Å². The number of nitrogens with one attached hydrogen (secondary N) is 2. The monoisotopic (exact) mass is 407 g/mol. The predicted molar refractivity (Wildman–Crippen MR) is 117 cm³/mol. The number of aryl methyl sites for hydroxylation is 1. The van der Waals surface area contributed by atoms with E-state index in [0.29, 0.717) is 6.54 Å². The Morgan fingerprint density at radius 1 is 1.13 bits per heavy atom. The normalized spacial score (nSPS) is 14.5. The van der Waals surface area contributed by atoms with E-state index >= 15 is 0 Å². The molecule has 8 heteroatoms. The largest absolute Gasteiger partial charge is 0.370 e. The lowest BCUT2D eigenvalue weighted by Gasteiger charge is -2.25. The van der Waals surface area contributed by atoms with Crippen LogP contribution in [0.1, 0.15) is 43.0 Å². The second-order valence-electron chi connectivity index (χ2n) is 7.47. The zero-order valence-electron chi connectivity index (χ0n) is 17.0. The minimum Gasteiger partial charge on any atom is -0.370 e. The first-order valence-corrected chi connectivity index (χ1v) is 10.4. The number of benzene rings is 1. The maximum absolute atomic E-state index is 12.9. The molecule has 1 aliphatic rings. The minimum absolute atomic E-state index is 0.213. The number of rotatable bonds is 4. The molecular formula is C22H25N5O3. The van der Waals surface area contributed by atoms with Gasteiger partial charge in [0.15, 0.2) is 0 Å². The van der Waals surface area contributed by atoms with Crippen LogP contribution in [0.4, 0.5) is 11.4 Å². The lowest BCUT2D eigenvalue weighted by atomic mass is 10.2. The van der Waals surface area contributed by atoms with E-state index in [4.69, 9.17) is 0 Å². The zero-order valence-corrected chi connectivity index (χ0v) is 17.0. The smallest absolute Gasteiger partial charge is 0.329 e. The lowest BCUT2D eigenvalue weighted by molar-refractivity contribution is 0.102. The van der Waals surface area contributed by atoms with E-state index in [2.05, 4.69) is 20.2 Å². The molecule has 0 radical (unpaired) electrons. The summed E-state index contributed by atoms with van der Waals surface area (Å²) < 4.78 is 1.37. The van der Waals surface area contributed by atoms with Crippen LogP contribution in [0, 0.1) is 0 Å². The number of hydrogen-bond acceptors (Lipinski definition) is 5. The maximum atomic E-state index is 12.9. The Hall–Kier alpha value is -3.42. The molecule has 4 rings (SSSR count). The molecule has 2 aromatic heterocycles. The van der Waals surface area contributed by atoms with Gasteiger partial charge in [-0.25, -0.2) is 9.78 Å². The van der Waals surface area contributed by atoms with Crippen LogP contribution in [0.25, 0.3) is 11.0 Å². The summed E-state index contributed by atoms with van der Waals surface area (Å²) in [6, 6.07) is 9.24. The van der Waals surface area contributed by atoms with Crippen LogP contribution in [0.5, 0.6) is 0 Å². The van der Waals surface area contributed by atoms with E-state index < -0.39 is 11.2 Å². The fraction of sp³-hybridized carbons (Fsp3) is 0.364. The van der Waals surface area contributed by atoms with E-state index in [0.717, 1.165) is 37.3 Å². The molecule has 3 aromatic rings. The van der Waals surface area contributed by atoms with Gasteiger partial charge in [0.25, 0.3) is 11.5 Å². The molecule has 2 N–H and O–H groups in total. The summed E-state index contributed by atoms with van der Waals surface area (Å²) >= 11 is 0. The third-order valence-corrected chi connectivity index (χ3v) is 5.51. The first-order chi connectivity index (χ1) is 14.6. The molecular weight excluding hydrogens is 382 g/mol. The number of hydrogen-bond donors (Lipinski definition) is 2. The Labute approximate surface area is 173 Å². The van der Waals surface area contributed by atoms with Crippen molar-refractivity contribution in [1.82, 2.24) is 14.5 Å². The Kier molecular flexibility index (Phi) is 5.65. The number of pyridine rings is 1. The molecule has 3 heterocycles. The van der Waals surface area contributed by atoms with Gasteiger partial charge in [0.2, 0.25) is 0 Å². The number of aromatic nitrogens is 3. The summed E-state index contributed by atoms with van der Waals surface area (Å²) in [6.07, 6.45) is 6.13. The number of anilines is 2. The number of amides is 1. The Balaban J connectivity index is 1.66. The highest BCUT2D eigenvalue weighted by Gasteiger charge is 2.17. The number of fused-ring (bicyclic) bond motifs is 1. The van der Waals surface area contributed by atoms with Crippen molar-refractivity contribution in [2.75, 3.05) is 23.3 Å². The van der Waals surface area contributed by atoms with Crippen molar-refractivity contribution < 1.29 is 4.79 Å². The fourth-order valence-electron chi connectivity index (χ4n) is 3.95. The second-order valence-corrected chi connectivity index (χ2v) is 7.47. The fourth-order valence-corrected chi connectivity index (χ4v) is 3.95. The first kappa shape index (κ1) is 19.9. The quantitative estimate of drug-likeness (QED) is 0.693. The molecule has 156 valence electrons. The standard InChI is InChI=1S/C22H25N5O3/c1-2-27-19-16(21(29)25-22(27)30)13-15(14-23-19)20(28)24-17-9-5-6-10-18(17)26-11-7-3-4-8-12-26/h5-6,9-10,13-14H,2-4,7-8,11-12H2,1H3,(H,24,28)(H,25,29,30). The molecule has 30 heavy (non-hydrogen) atoms. The van der Waals surface area contributed by atoms with E-state index in [1.54, 1.807) is 6.92 Å². The molecule has 1 aliphatic heterocycles. The summed E-state index contributed by atoms with van der Waals surface area (Å²) in [5.74, 6) is -0.347. The van der Waals surface area contributed by atoms with Crippen molar-refractivity contribution in [2.45, 2.75) is 39.2 Å². The topological polar surface area (TPSA) is 100 Å². The van der Waals surface area contributed by atoms with Crippen LogP contribution in [0.3, 0.4) is 0 Å². The number of H-pyrrole nitrogens is 1. The van der Waals surface area contributed by atoms with Gasteiger partial charge in [0.1, 0.15) is 5.65 Å². The molecule has 8 nitrogen and oxygen atoms in total. The Bertz CT molecular complexity index is 1190. The predicted octanol–water partition coefficient (Wildman–Crippen LogP) is 2.74. The van der Waals surface area contributed by atoms with Crippen molar-refractivity contribution >= 4 is 28.3 Å². The molecule has 0 aliphatic carbocycles. The minimum atomic E-state index is -0.549. The van der Waals surface area contributed by atoms with E-state index in [1.807, 2.05) is 24.3 Å². The highest BCUT2D eigenvalue weighted by molar-refractivity contribution is 6.07. The zero-order chi connectivity index (χ0) is 21.1. The van der Waals surface area contributed by atoms with Crippen LogP contribution in [-0.2, 0) is 6.54 Å². The second kappa shape index (κ2) is 8.52. The molecule has 1 aromatic carbocycles. The van der Waals surface area contributed by atoms with E-state index in [1.165, 1.54) is 29.7 Å². The molecule has 1 saturated heterocycles. The highest BCUT2D eigenvalue weighted by atomic mass is 16.2. The summed E-state index contributed by atoms with van der Waals surface area (Å²) in [5.41, 5.74) is 1.21. The number of carbonyl (C=O) groups is 1. The van der Waals surface area contributed by atoms with E-state index in [9.17, 15) is 14.4 Å². The van der Waals surface area contributed by atoms with Gasteiger partial charge in [-0.15, -0.1) is 0 Å². The number of nitrogens with zero attached hydrogens (tertiary/aromatic N) is 3. The lowest BCUT2D eigenvalue weighted by Crippen LogP contribution is -2.30. The number of para-hydroxylation sites is 2. The SMILES string of the molecule is CCn1c(=O)[nH]c(=O)c2cc(C(=O)Nc3ccccc3N3CCCCCC3)cnc21. The molecule has 0 atom stereocenters. The summed E-state index contributed by atoms with van der Waals surface area (Å²) in [7, 11) is 0. The average molecular weight is 407 g/mol. The van der Waals surface area contributed by atoms with Crippen molar-refractivity contribution in [3.8, 4) is 0 Å². The molecule has 1 amide bonds. The third kappa shape index (κ3) is 3.85. The Morgan fingerprint density at radius 2 is 1.87 bits per heavy atom. The van der Waals surface area contributed by atoms with Gasteiger partial charge < -0.3 is 10.2 Å². The summed E-state index contributed by atoms with van der Waals surface area (Å²) in [6.45, 7) is 4.10. The summed E-state index contributed by atoms with van der Waals surface area (Å²) in [4.78, 5) is 46.0. The molecule has 1 fully saturated rings. The Morgan fingerprint density at radius 3 is 2.60 bits per heavy atom. The highest BCUT2D eigenvalue weighted by Crippen LogP contribution is 2.28. The number of carbonyl (C=O) groups excluding carboxylic acids is 1. The number of aromatic amines is 1. The van der Waals surface area contributed by atoms with Crippen molar-refractivity contribution in [3.05, 3.63) is 62.9 Å². The van der Waals surface area contributed by atoms with Crippen molar-refractivity contribution in [2.24, 2.45) is 0 Å². The van der Waals surface area contributed by atoms with E-state index in [-0.39, 0.29) is 22.5 Å². The van der Waals surface area contributed by atoms with Gasteiger partial charge in [0, 0.05) is 25.8 Å². The van der Waals surface area contributed by atoms with Crippen molar-refractivity contribution in [3.63, 3.8) is 0 Å². The van der Waals surface area contributed by atoms with Crippen LogP contribution < -0.4 is 21.5 Å². The van der Waals surface area contributed by atoms with Gasteiger partial charge in [-0.3, -0.25) is 19.1 Å². The molecule has 0 spiro atoms. The third-order valence-electron chi connectivity index (χ3n) is 5.51. The van der Waals surface area contributed by atoms with Crippen LogP contribution >= 0.6 is 0 Å². The molecule has 0 bridgehead atoms. The van der Waals surface area contributed by atoms with Gasteiger partial charge in [-0.1, -0.05) is 25.0 Å². The maximum Gasteiger partial charge on any atom is 0.329 e. The average Bonchev–Trinajstić information content (AvgIpc) is 3.04. The summed E-state index contributed by atoms with van der Waals surface area (Å²) in [5, 5.41) is 3.18. The van der Waals surface area contributed by atoms with Gasteiger partial charge >= 0.3 is 5.69 Å². The van der Waals surface area contributed by atoms with Gasteiger partial charge in [-0.2, -0.15) is 0 Å². The molecule has 0 saturated carbocycles. The van der Waals surface area contributed by atoms with Crippen LogP contribution in [0.15, 0.2) is 46.1 Å². The van der Waals surface area contributed by atoms with Crippen LogP contribution in [0.2, 0.25) is 0 Å². The van der Waals surface area contributed by atoms with Gasteiger partial charge in [-0.05, 0) is 38.0 Å². The van der Waals surface area contributed by atoms with Crippen molar-refractivity contribution in [1.29, 1.82) is 0 Å². The first-order valence-electron chi connectivity index (χ1n) is 10.4.